The summed E-state index contributed by atoms with van der Waals surface area (Å²) in [5.41, 5.74) is 0.513. The van der Waals surface area contributed by atoms with Crippen molar-refractivity contribution in [2.24, 2.45) is 0 Å². The van der Waals surface area contributed by atoms with Gasteiger partial charge in [0, 0.05) is 23.2 Å². The Morgan fingerprint density at radius 1 is 1.04 bits per heavy atom. The SMILES string of the molecule is CN1CCC(Oc2ccc(NS(=O)(=O)c3ccc(Br)cc3)cc2)CC1. The number of hydrogen-bond donors (Lipinski definition) is 1. The molecule has 5 nitrogen and oxygen atoms in total. The first-order valence-electron chi connectivity index (χ1n) is 8.16. The van der Waals surface area contributed by atoms with Crippen LogP contribution in [0.15, 0.2) is 57.9 Å². The zero-order valence-electron chi connectivity index (χ0n) is 14.0. The molecule has 0 saturated carbocycles. The van der Waals surface area contributed by atoms with Crippen LogP contribution >= 0.6 is 15.9 Å². The van der Waals surface area contributed by atoms with Crippen molar-refractivity contribution in [1.29, 1.82) is 0 Å². The van der Waals surface area contributed by atoms with E-state index < -0.39 is 10.0 Å². The Kier molecular flexibility index (Phi) is 5.66. The van der Waals surface area contributed by atoms with E-state index in [1.165, 1.54) is 0 Å². The van der Waals surface area contributed by atoms with Crippen molar-refractivity contribution in [1.82, 2.24) is 4.90 Å². The van der Waals surface area contributed by atoms with Gasteiger partial charge in [-0.25, -0.2) is 8.42 Å². The third-order valence-electron chi connectivity index (χ3n) is 4.20. The molecular formula is C18H21BrN2O3S. The molecule has 2 aromatic carbocycles. The van der Waals surface area contributed by atoms with E-state index in [4.69, 9.17) is 4.74 Å². The molecule has 3 rings (SSSR count). The fourth-order valence-corrected chi connectivity index (χ4v) is 4.05. The molecule has 134 valence electrons. The molecule has 0 radical (unpaired) electrons. The number of likely N-dealkylation sites (tertiary alicyclic amines) is 1. The Hall–Kier alpha value is -1.57. The van der Waals surface area contributed by atoms with E-state index in [1.807, 2.05) is 0 Å². The van der Waals surface area contributed by atoms with Gasteiger partial charge in [0.05, 0.1) is 4.90 Å². The van der Waals surface area contributed by atoms with Crippen molar-refractivity contribution in [3.05, 3.63) is 53.0 Å². The summed E-state index contributed by atoms with van der Waals surface area (Å²) in [5, 5.41) is 0. The molecule has 1 heterocycles. The van der Waals surface area contributed by atoms with Gasteiger partial charge in [0.1, 0.15) is 11.9 Å². The highest BCUT2D eigenvalue weighted by Gasteiger charge is 2.18. The average Bonchev–Trinajstić information content (AvgIpc) is 2.59. The maximum Gasteiger partial charge on any atom is 0.261 e. The van der Waals surface area contributed by atoms with Crippen LogP contribution in [0, 0.1) is 0 Å². The summed E-state index contributed by atoms with van der Waals surface area (Å²) in [5.74, 6) is 0.765. The van der Waals surface area contributed by atoms with Crippen LogP contribution in [0.5, 0.6) is 5.75 Å². The zero-order chi connectivity index (χ0) is 17.9. The van der Waals surface area contributed by atoms with Gasteiger partial charge in [0.2, 0.25) is 0 Å². The number of hydrogen-bond acceptors (Lipinski definition) is 4. The highest BCUT2D eigenvalue weighted by atomic mass is 79.9. The number of nitrogens with one attached hydrogen (secondary N) is 1. The van der Waals surface area contributed by atoms with Crippen molar-refractivity contribution < 1.29 is 13.2 Å². The number of nitrogens with zero attached hydrogens (tertiary/aromatic N) is 1. The van der Waals surface area contributed by atoms with E-state index in [0.717, 1.165) is 36.2 Å². The van der Waals surface area contributed by atoms with Crippen molar-refractivity contribution in [3.63, 3.8) is 0 Å². The van der Waals surface area contributed by atoms with Crippen molar-refractivity contribution in [2.75, 3.05) is 24.9 Å². The summed E-state index contributed by atoms with van der Waals surface area (Å²) in [6, 6.07) is 13.6. The normalized spacial score (nSPS) is 16.6. The van der Waals surface area contributed by atoms with Crippen LogP contribution in [-0.4, -0.2) is 39.6 Å². The molecule has 1 N–H and O–H groups in total. The minimum absolute atomic E-state index is 0.224. The molecule has 1 saturated heterocycles. The molecule has 0 spiro atoms. The molecule has 25 heavy (non-hydrogen) atoms. The molecule has 0 bridgehead atoms. The summed E-state index contributed by atoms with van der Waals surface area (Å²) in [6.45, 7) is 2.07. The predicted molar refractivity (Wildman–Crippen MR) is 103 cm³/mol. The van der Waals surface area contributed by atoms with Gasteiger partial charge in [-0.2, -0.15) is 0 Å². The Morgan fingerprint density at radius 2 is 1.64 bits per heavy atom. The fraction of sp³-hybridized carbons (Fsp3) is 0.333. The smallest absolute Gasteiger partial charge is 0.261 e. The topological polar surface area (TPSA) is 58.6 Å². The van der Waals surface area contributed by atoms with Crippen molar-refractivity contribution in [3.8, 4) is 5.75 Å². The molecule has 0 amide bonds. The molecule has 0 aliphatic carbocycles. The van der Waals surface area contributed by atoms with Gasteiger partial charge in [0.25, 0.3) is 10.0 Å². The Morgan fingerprint density at radius 3 is 2.24 bits per heavy atom. The highest BCUT2D eigenvalue weighted by molar-refractivity contribution is 9.10. The first-order valence-corrected chi connectivity index (χ1v) is 10.4. The largest absolute Gasteiger partial charge is 0.490 e. The maximum absolute atomic E-state index is 12.4. The van der Waals surface area contributed by atoms with E-state index in [0.29, 0.717) is 5.69 Å². The minimum atomic E-state index is -3.59. The number of ether oxygens (including phenoxy) is 1. The molecule has 0 atom stereocenters. The van der Waals surface area contributed by atoms with Gasteiger partial charge in [-0.05, 0) is 68.4 Å². The first kappa shape index (κ1) is 18.2. The van der Waals surface area contributed by atoms with E-state index in [9.17, 15) is 8.42 Å². The number of sulfonamides is 1. The lowest BCUT2D eigenvalue weighted by Crippen LogP contribution is -2.35. The van der Waals surface area contributed by atoms with Crippen LogP contribution < -0.4 is 9.46 Å². The molecule has 2 aromatic rings. The molecule has 1 fully saturated rings. The molecule has 1 aliphatic heterocycles. The molecular weight excluding hydrogens is 404 g/mol. The standard InChI is InChI=1S/C18H21BrN2O3S/c1-21-12-10-17(11-13-21)24-16-6-4-15(5-7-16)20-25(22,23)18-8-2-14(19)3-9-18/h2-9,17,20H,10-13H2,1H3. The zero-order valence-corrected chi connectivity index (χ0v) is 16.4. The Bertz CT molecular complexity index is 799. The lowest BCUT2D eigenvalue weighted by atomic mass is 10.1. The summed E-state index contributed by atoms with van der Waals surface area (Å²) < 4.78 is 34.2. The minimum Gasteiger partial charge on any atom is -0.490 e. The molecule has 0 unspecified atom stereocenters. The summed E-state index contributed by atoms with van der Waals surface area (Å²) >= 11 is 3.30. The third kappa shape index (κ3) is 4.96. The van der Waals surface area contributed by atoms with Crippen LogP contribution in [0.2, 0.25) is 0 Å². The Balaban J connectivity index is 1.63. The van der Waals surface area contributed by atoms with Crippen molar-refractivity contribution in [2.45, 2.75) is 23.8 Å². The van der Waals surface area contributed by atoms with Crippen LogP contribution in [0.25, 0.3) is 0 Å². The molecule has 1 aliphatic rings. The summed E-state index contributed by atoms with van der Waals surface area (Å²) in [6.07, 6.45) is 2.24. The van der Waals surface area contributed by atoms with E-state index in [1.54, 1.807) is 48.5 Å². The molecule has 7 heteroatoms. The van der Waals surface area contributed by atoms with E-state index in [2.05, 4.69) is 32.6 Å². The van der Waals surface area contributed by atoms with Crippen LogP contribution in [0.4, 0.5) is 5.69 Å². The van der Waals surface area contributed by atoms with E-state index >= 15 is 0 Å². The summed E-state index contributed by atoms with van der Waals surface area (Å²) in [4.78, 5) is 2.52. The lowest BCUT2D eigenvalue weighted by Gasteiger charge is -2.29. The van der Waals surface area contributed by atoms with Crippen LogP contribution in [-0.2, 0) is 10.0 Å². The first-order chi connectivity index (χ1) is 11.9. The number of anilines is 1. The second-order valence-electron chi connectivity index (χ2n) is 6.20. The van der Waals surface area contributed by atoms with E-state index in [-0.39, 0.29) is 11.0 Å². The van der Waals surface area contributed by atoms with Gasteiger partial charge in [-0.1, -0.05) is 15.9 Å². The number of piperidine rings is 1. The number of rotatable bonds is 5. The van der Waals surface area contributed by atoms with Crippen molar-refractivity contribution >= 4 is 31.6 Å². The Labute approximate surface area is 157 Å². The van der Waals surface area contributed by atoms with Gasteiger partial charge >= 0.3 is 0 Å². The second-order valence-corrected chi connectivity index (χ2v) is 8.80. The molecule has 0 aromatic heterocycles. The fourth-order valence-electron chi connectivity index (χ4n) is 2.72. The monoisotopic (exact) mass is 424 g/mol. The lowest BCUT2D eigenvalue weighted by molar-refractivity contribution is 0.114. The van der Waals surface area contributed by atoms with Crippen LogP contribution in [0.1, 0.15) is 12.8 Å². The number of halogens is 1. The van der Waals surface area contributed by atoms with Crippen LogP contribution in [0.3, 0.4) is 0 Å². The van der Waals surface area contributed by atoms with Gasteiger partial charge in [0.15, 0.2) is 0 Å². The number of benzene rings is 2. The second kappa shape index (κ2) is 7.76. The summed E-state index contributed by atoms with van der Waals surface area (Å²) in [7, 11) is -1.48. The third-order valence-corrected chi connectivity index (χ3v) is 6.12. The highest BCUT2D eigenvalue weighted by Crippen LogP contribution is 2.23. The predicted octanol–water partition coefficient (Wildman–Crippen LogP) is 3.72. The quantitative estimate of drug-likeness (QED) is 0.794. The van der Waals surface area contributed by atoms with Gasteiger partial charge in [-0.15, -0.1) is 0 Å². The van der Waals surface area contributed by atoms with Gasteiger partial charge < -0.3 is 9.64 Å². The van der Waals surface area contributed by atoms with Gasteiger partial charge in [-0.3, -0.25) is 4.72 Å². The maximum atomic E-state index is 12.4. The average molecular weight is 425 g/mol.